The van der Waals surface area contributed by atoms with Gasteiger partial charge in [-0.3, -0.25) is 4.79 Å². The molecule has 7 nitrogen and oxygen atoms in total. The van der Waals surface area contributed by atoms with Crippen LogP contribution in [-0.2, 0) is 9.53 Å². The van der Waals surface area contributed by atoms with E-state index in [1.54, 1.807) is 7.05 Å². The van der Waals surface area contributed by atoms with Gasteiger partial charge in [0.05, 0.1) is 16.7 Å². The second kappa shape index (κ2) is 7.42. The van der Waals surface area contributed by atoms with Crippen LogP contribution in [0.4, 0.5) is 0 Å². The van der Waals surface area contributed by atoms with E-state index < -0.39 is 24.0 Å². The van der Waals surface area contributed by atoms with Gasteiger partial charge in [-0.2, -0.15) is 5.26 Å². The first-order valence-electron chi connectivity index (χ1n) is 8.41. The van der Waals surface area contributed by atoms with Gasteiger partial charge in [0, 0.05) is 7.05 Å². The average molecular weight is 379 g/mol. The van der Waals surface area contributed by atoms with E-state index in [1.165, 1.54) is 17.0 Å². The number of rotatable bonds is 4. The number of nitrogens with zero attached hydrogens (tertiary/aromatic N) is 2. The number of carbonyl (C=O) groups excluding carboxylic acids is 2. The van der Waals surface area contributed by atoms with Crippen LogP contribution in [-0.4, -0.2) is 42.8 Å². The predicted molar refractivity (Wildman–Crippen MR) is 92.1 cm³/mol. The summed E-state index contributed by atoms with van der Waals surface area (Å²) in [5.41, 5.74) is -0.647. The maximum Gasteiger partial charge on any atom is 0.338 e. The summed E-state index contributed by atoms with van der Waals surface area (Å²) in [5.74, 6) is -0.360. The van der Waals surface area contributed by atoms with Crippen LogP contribution in [0.15, 0.2) is 12.1 Å². The first kappa shape index (κ1) is 18.3. The smallest absolute Gasteiger partial charge is 0.338 e. The topological polar surface area (TPSA) is 88.9 Å². The van der Waals surface area contributed by atoms with Crippen molar-refractivity contribution in [3.63, 3.8) is 0 Å². The quantitative estimate of drug-likeness (QED) is 0.748. The summed E-state index contributed by atoms with van der Waals surface area (Å²) in [4.78, 5) is 26.1. The van der Waals surface area contributed by atoms with E-state index in [9.17, 15) is 14.9 Å². The van der Waals surface area contributed by atoms with Crippen LogP contribution in [0.1, 0.15) is 42.5 Å². The molecule has 0 radical (unpaired) electrons. The van der Waals surface area contributed by atoms with Gasteiger partial charge < -0.3 is 19.1 Å². The lowest BCUT2D eigenvalue weighted by Crippen LogP contribution is -2.51. The number of amides is 1. The SMILES string of the molecule is CN(C(=O)COC(=O)c1cc(Cl)c2c(c1)OCO2)C1(C#N)CCCCC1. The molecular weight excluding hydrogens is 360 g/mol. The maximum absolute atomic E-state index is 12.4. The van der Waals surface area contributed by atoms with Crippen LogP contribution in [0, 0.1) is 11.3 Å². The van der Waals surface area contributed by atoms with Gasteiger partial charge in [-0.1, -0.05) is 30.9 Å². The molecule has 1 heterocycles. The Balaban J connectivity index is 1.63. The summed E-state index contributed by atoms with van der Waals surface area (Å²) < 4.78 is 15.5. The van der Waals surface area contributed by atoms with Crippen LogP contribution in [0.2, 0.25) is 5.02 Å². The number of ether oxygens (including phenoxy) is 3. The molecule has 1 amide bonds. The Morgan fingerprint density at radius 2 is 2.04 bits per heavy atom. The van der Waals surface area contributed by atoms with Gasteiger partial charge in [0.2, 0.25) is 6.79 Å². The number of likely N-dealkylation sites (N-methyl/N-ethyl adjacent to an activating group) is 1. The third-order valence-corrected chi connectivity index (χ3v) is 5.18. The van der Waals surface area contributed by atoms with Crippen LogP contribution >= 0.6 is 11.6 Å². The fourth-order valence-electron chi connectivity index (χ4n) is 3.29. The van der Waals surface area contributed by atoms with Gasteiger partial charge in [-0.05, 0) is 25.0 Å². The van der Waals surface area contributed by atoms with Crippen molar-refractivity contribution < 1.29 is 23.8 Å². The first-order chi connectivity index (χ1) is 12.5. The minimum Gasteiger partial charge on any atom is -0.454 e. The van der Waals surface area contributed by atoms with Gasteiger partial charge >= 0.3 is 5.97 Å². The van der Waals surface area contributed by atoms with Crippen molar-refractivity contribution in [2.45, 2.75) is 37.6 Å². The van der Waals surface area contributed by atoms with Crippen LogP contribution < -0.4 is 9.47 Å². The first-order valence-corrected chi connectivity index (χ1v) is 8.79. The number of benzene rings is 1. The van der Waals surface area contributed by atoms with Gasteiger partial charge in [-0.15, -0.1) is 0 Å². The van der Waals surface area contributed by atoms with Crippen LogP contribution in [0.5, 0.6) is 11.5 Å². The third-order valence-electron chi connectivity index (χ3n) is 4.89. The molecule has 0 saturated heterocycles. The number of hydrogen-bond acceptors (Lipinski definition) is 6. The normalized spacial score (nSPS) is 17.3. The van der Waals surface area contributed by atoms with Gasteiger partial charge in [0.25, 0.3) is 5.91 Å². The zero-order chi connectivity index (χ0) is 18.7. The van der Waals surface area contributed by atoms with Crippen molar-refractivity contribution in [2.75, 3.05) is 20.4 Å². The molecule has 2 aliphatic rings. The number of esters is 1. The lowest BCUT2D eigenvalue weighted by atomic mass is 9.81. The molecular formula is C18H19ClN2O5. The summed E-state index contributed by atoms with van der Waals surface area (Å²) in [6.07, 6.45) is 4.14. The average Bonchev–Trinajstić information content (AvgIpc) is 3.15. The van der Waals surface area contributed by atoms with E-state index in [-0.39, 0.29) is 17.4 Å². The van der Waals surface area contributed by atoms with E-state index in [0.717, 1.165) is 19.3 Å². The molecule has 1 saturated carbocycles. The molecule has 0 atom stereocenters. The molecule has 0 bridgehead atoms. The molecule has 0 spiro atoms. The molecule has 26 heavy (non-hydrogen) atoms. The van der Waals surface area contributed by atoms with E-state index in [1.807, 2.05) is 0 Å². The van der Waals surface area contributed by atoms with Crippen molar-refractivity contribution >= 4 is 23.5 Å². The van der Waals surface area contributed by atoms with Gasteiger partial charge in [0.1, 0.15) is 5.54 Å². The number of carbonyl (C=O) groups is 2. The molecule has 1 aromatic rings. The highest BCUT2D eigenvalue weighted by Gasteiger charge is 2.39. The highest BCUT2D eigenvalue weighted by atomic mass is 35.5. The molecule has 0 N–H and O–H groups in total. The molecule has 1 aliphatic carbocycles. The summed E-state index contributed by atoms with van der Waals surface area (Å²) in [6, 6.07) is 5.14. The number of nitriles is 1. The van der Waals surface area contributed by atoms with E-state index in [0.29, 0.717) is 24.3 Å². The Hall–Kier alpha value is -2.46. The maximum atomic E-state index is 12.4. The monoisotopic (exact) mass is 378 g/mol. The lowest BCUT2D eigenvalue weighted by molar-refractivity contribution is -0.138. The molecule has 3 rings (SSSR count). The number of fused-ring (bicyclic) bond motifs is 1. The second-order valence-corrected chi connectivity index (χ2v) is 6.83. The Kier molecular flexibility index (Phi) is 5.23. The van der Waals surface area contributed by atoms with Crippen molar-refractivity contribution in [1.29, 1.82) is 5.26 Å². The van der Waals surface area contributed by atoms with Crippen molar-refractivity contribution in [2.24, 2.45) is 0 Å². The summed E-state index contributed by atoms with van der Waals surface area (Å²) in [6.45, 7) is -0.405. The fourth-order valence-corrected chi connectivity index (χ4v) is 3.56. The Morgan fingerprint density at radius 1 is 1.31 bits per heavy atom. The molecule has 138 valence electrons. The Labute approximate surface area is 156 Å². The Bertz CT molecular complexity index is 768. The van der Waals surface area contributed by atoms with Crippen molar-refractivity contribution in [3.05, 3.63) is 22.7 Å². The largest absolute Gasteiger partial charge is 0.454 e. The Morgan fingerprint density at radius 3 is 2.73 bits per heavy atom. The summed E-state index contributed by atoms with van der Waals surface area (Å²) in [7, 11) is 1.59. The highest BCUT2D eigenvalue weighted by Crippen LogP contribution is 2.40. The standard InChI is InChI=1S/C18H19ClN2O5/c1-21(18(10-20)5-3-2-4-6-18)15(22)9-24-17(23)12-7-13(19)16-14(8-12)25-11-26-16/h7-8H,2-6,9,11H2,1H3. The fraction of sp³-hybridized carbons (Fsp3) is 0.500. The molecule has 1 fully saturated rings. The second-order valence-electron chi connectivity index (χ2n) is 6.42. The van der Waals surface area contributed by atoms with Crippen molar-refractivity contribution in [3.8, 4) is 17.6 Å². The van der Waals surface area contributed by atoms with Gasteiger partial charge in [-0.25, -0.2) is 4.79 Å². The lowest BCUT2D eigenvalue weighted by Gasteiger charge is -2.38. The van der Waals surface area contributed by atoms with Crippen LogP contribution in [0.25, 0.3) is 0 Å². The molecule has 0 unspecified atom stereocenters. The van der Waals surface area contributed by atoms with E-state index in [2.05, 4.69) is 6.07 Å². The van der Waals surface area contributed by atoms with Crippen molar-refractivity contribution in [1.82, 2.24) is 4.90 Å². The van der Waals surface area contributed by atoms with E-state index >= 15 is 0 Å². The van der Waals surface area contributed by atoms with E-state index in [4.69, 9.17) is 25.8 Å². The third kappa shape index (κ3) is 3.42. The molecule has 0 aromatic heterocycles. The highest BCUT2D eigenvalue weighted by molar-refractivity contribution is 6.32. The number of hydrogen-bond donors (Lipinski definition) is 0. The molecule has 1 aliphatic heterocycles. The molecule has 8 heteroatoms. The summed E-state index contributed by atoms with van der Waals surface area (Å²) in [5, 5.41) is 9.78. The minimum absolute atomic E-state index is 0.0348. The zero-order valence-electron chi connectivity index (χ0n) is 14.4. The zero-order valence-corrected chi connectivity index (χ0v) is 15.2. The summed E-state index contributed by atoms with van der Waals surface area (Å²) >= 11 is 6.05. The number of halogens is 1. The molecule has 1 aromatic carbocycles. The predicted octanol–water partition coefficient (Wildman–Crippen LogP) is 2.91. The minimum atomic E-state index is -0.816. The van der Waals surface area contributed by atoms with Crippen LogP contribution in [0.3, 0.4) is 0 Å². The van der Waals surface area contributed by atoms with Gasteiger partial charge in [0.15, 0.2) is 18.1 Å².